The van der Waals surface area contributed by atoms with Crippen LogP contribution in [0.4, 0.5) is 10.5 Å². The van der Waals surface area contributed by atoms with Crippen LogP contribution in [0.5, 0.6) is 0 Å². The van der Waals surface area contributed by atoms with E-state index < -0.39 is 0 Å². The largest absolute Gasteiger partial charge is 0.355 e. The predicted molar refractivity (Wildman–Crippen MR) is 71.6 cm³/mol. The van der Waals surface area contributed by atoms with Crippen molar-refractivity contribution in [2.75, 3.05) is 18.4 Å². The lowest BCUT2D eigenvalue weighted by Crippen LogP contribution is -2.36. The van der Waals surface area contributed by atoms with Crippen LogP contribution in [0, 0.1) is 13.8 Å². The number of urea groups is 1. The van der Waals surface area contributed by atoms with Crippen molar-refractivity contribution in [3.05, 3.63) is 29.3 Å². The fourth-order valence-electron chi connectivity index (χ4n) is 1.64. The number of rotatable bonds is 4. The maximum atomic E-state index is 11.5. The fourth-order valence-corrected chi connectivity index (χ4v) is 1.64. The number of carbonyl (C=O) groups excluding carboxylic acids is 2. The van der Waals surface area contributed by atoms with Crippen LogP contribution in [0.25, 0.3) is 0 Å². The molecule has 0 aliphatic carbocycles. The average Bonchev–Trinajstić information content (AvgIpc) is 2.22. The van der Waals surface area contributed by atoms with Crippen LogP contribution >= 0.6 is 0 Å². The maximum Gasteiger partial charge on any atom is 0.319 e. The Hall–Kier alpha value is -2.04. The summed E-state index contributed by atoms with van der Waals surface area (Å²) in [6, 6.07) is 5.58. The Morgan fingerprint density at radius 2 is 1.56 bits per heavy atom. The minimum Gasteiger partial charge on any atom is -0.355 e. The van der Waals surface area contributed by atoms with E-state index in [0.29, 0.717) is 13.1 Å². The molecule has 0 radical (unpaired) electrons. The quantitative estimate of drug-likeness (QED) is 0.709. The molecule has 1 aromatic carbocycles. The van der Waals surface area contributed by atoms with Gasteiger partial charge in [-0.15, -0.1) is 0 Å². The van der Waals surface area contributed by atoms with Gasteiger partial charge in [0.25, 0.3) is 0 Å². The molecule has 0 atom stereocenters. The van der Waals surface area contributed by atoms with Crippen molar-refractivity contribution in [1.82, 2.24) is 10.6 Å². The van der Waals surface area contributed by atoms with E-state index in [2.05, 4.69) is 16.0 Å². The van der Waals surface area contributed by atoms with E-state index >= 15 is 0 Å². The molecule has 0 fully saturated rings. The topological polar surface area (TPSA) is 70.2 Å². The lowest BCUT2D eigenvalue weighted by Gasteiger charge is -2.09. The summed E-state index contributed by atoms with van der Waals surface area (Å²) in [6.45, 7) is 6.22. The molecule has 0 bridgehead atoms. The van der Waals surface area contributed by atoms with Gasteiger partial charge < -0.3 is 16.0 Å². The van der Waals surface area contributed by atoms with Crippen molar-refractivity contribution < 1.29 is 9.59 Å². The van der Waals surface area contributed by atoms with Crippen LogP contribution in [0.1, 0.15) is 18.1 Å². The molecule has 18 heavy (non-hydrogen) atoms. The fraction of sp³-hybridized carbons (Fsp3) is 0.385. The smallest absolute Gasteiger partial charge is 0.319 e. The molecule has 0 spiro atoms. The molecular weight excluding hydrogens is 230 g/mol. The maximum absolute atomic E-state index is 11.5. The van der Waals surface area contributed by atoms with Crippen LogP contribution in [0.3, 0.4) is 0 Å². The van der Waals surface area contributed by atoms with Crippen LogP contribution in [0.15, 0.2) is 18.2 Å². The van der Waals surface area contributed by atoms with E-state index in [4.69, 9.17) is 0 Å². The zero-order valence-corrected chi connectivity index (χ0v) is 11.0. The summed E-state index contributed by atoms with van der Waals surface area (Å²) in [5.41, 5.74) is 2.97. The molecule has 0 saturated carbocycles. The predicted octanol–water partition coefficient (Wildman–Crippen LogP) is 1.56. The van der Waals surface area contributed by atoms with E-state index in [0.717, 1.165) is 16.8 Å². The molecule has 3 N–H and O–H groups in total. The molecule has 98 valence electrons. The lowest BCUT2D eigenvalue weighted by molar-refractivity contribution is -0.118. The van der Waals surface area contributed by atoms with Gasteiger partial charge in [0.1, 0.15) is 0 Å². The highest BCUT2D eigenvalue weighted by molar-refractivity contribution is 5.89. The van der Waals surface area contributed by atoms with Crippen LogP contribution in [-0.2, 0) is 4.79 Å². The van der Waals surface area contributed by atoms with Gasteiger partial charge in [-0.05, 0) is 37.1 Å². The number of nitrogens with one attached hydrogen (secondary N) is 3. The van der Waals surface area contributed by atoms with E-state index in [9.17, 15) is 9.59 Å². The Balaban J connectivity index is 2.37. The molecule has 0 aromatic heterocycles. The second-order valence-electron chi connectivity index (χ2n) is 4.24. The normalized spacial score (nSPS) is 9.72. The van der Waals surface area contributed by atoms with E-state index in [-0.39, 0.29) is 11.9 Å². The third kappa shape index (κ3) is 5.34. The van der Waals surface area contributed by atoms with Gasteiger partial charge in [0.15, 0.2) is 0 Å². The van der Waals surface area contributed by atoms with Gasteiger partial charge in [0.05, 0.1) is 0 Å². The van der Waals surface area contributed by atoms with Gasteiger partial charge in [-0.1, -0.05) is 6.07 Å². The molecule has 1 rings (SSSR count). The third-order valence-corrected chi connectivity index (χ3v) is 2.26. The molecule has 0 aliphatic rings. The summed E-state index contributed by atoms with van der Waals surface area (Å²) in [7, 11) is 0. The van der Waals surface area contributed by atoms with Gasteiger partial charge in [0.2, 0.25) is 5.91 Å². The van der Waals surface area contributed by atoms with Gasteiger partial charge >= 0.3 is 6.03 Å². The Labute approximate surface area is 107 Å². The van der Waals surface area contributed by atoms with E-state index in [1.54, 1.807) is 0 Å². The Bertz CT molecular complexity index is 424. The van der Waals surface area contributed by atoms with Gasteiger partial charge in [-0.2, -0.15) is 0 Å². The highest BCUT2D eigenvalue weighted by atomic mass is 16.2. The Morgan fingerprint density at radius 3 is 2.11 bits per heavy atom. The molecule has 0 unspecified atom stereocenters. The Kier molecular flexibility index (Phi) is 5.17. The molecule has 1 aromatic rings. The van der Waals surface area contributed by atoms with Gasteiger partial charge in [-0.3, -0.25) is 4.79 Å². The van der Waals surface area contributed by atoms with Crippen molar-refractivity contribution >= 4 is 17.6 Å². The summed E-state index contributed by atoms with van der Waals surface area (Å²) in [6.07, 6.45) is 0. The van der Waals surface area contributed by atoms with Crippen molar-refractivity contribution in [1.29, 1.82) is 0 Å². The van der Waals surface area contributed by atoms with E-state index in [1.807, 2.05) is 32.0 Å². The number of amides is 3. The first kappa shape index (κ1) is 14.0. The second-order valence-corrected chi connectivity index (χ2v) is 4.24. The lowest BCUT2D eigenvalue weighted by atomic mass is 10.1. The summed E-state index contributed by atoms with van der Waals surface area (Å²) in [4.78, 5) is 22.2. The number of aryl methyl sites for hydroxylation is 2. The van der Waals surface area contributed by atoms with Crippen molar-refractivity contribution in [2.45, 2.75) is 20.8 Å². The van der Waals surface area contributed by atoms with Crippen molar-refractivity contribution in [2.24, 2.45) is 0 Å². The van der Waals surface area contributed by atoms with Crippen molar-refractivity contribution in [3.63, 3.8) is 0 Å². The van der Waals surface area contributed by atoms with E-state index in [1.165, 1.54) is 6.92 Å². The van der Waals surface area contributed by atoms with Gasteiger partial charge in [-0.25, -0.2) is 4.79 Å². The summed E-state index contributed by atoms with van der Waals surface area (Å²) in [5.74, 6) is -0.105. The summed E-state index contributed by atoms with van der Waals surface area (Å²) < 4.78 is 0. The number of benzene rings is 1. The standard InChI is InChI=1S/C13H19N3O2/c1-9-6-10(2)8-12(7-9)16-13(18)15-5-4-14-11(3)17/h6-8H,4-5H2,1-3H3,(H,14,17)(H2,15,16,18). The highest BCUT2D eigenvalue weighted by Gasteiger charge is 2.02. The third-order valence-electron chi connectivity index (χ3n) is 2.26. The Morgan fingerprint density at radius 1 is 1.00 bits per heavy atom. The van der Waals surface area contributed by atoms with Crippen LogP contribution in [-0.4, -0.2) is 25.0 Å². The molecule has 3 amide bonds. The number of carbonyl (C=O) groups is 2. The SMILES string of the molecule is CC(=O)NCCNC(=O)Nc1cc(C)cc(C)c1. The zero-order chi connectivity index (χ0) is 13.5. The zero-order valence-electron chi connectivity index (χ0n) is 11.0. The summed E-state index contributed by atoms with van der Waals surface area (Å²) in [5, 5.41) is 8.01. The second kappa shape index (κ2) is 6.64. The molecule has 5 heteroatoms. The van der Waals surface area contributed by atoms with Crippen LogP contribution < -0.4 is 16.0 Å². The first-order chi connectivity index (χ1) is 8.47. The summed E-state index contributed by atoms with van der Waals surface area (Å²) >= 11 is 0. The first-order valence-electron chi connectivity index (χ1n) is 5.85. The van der Waals surface area contributed by atoms with Gasteiger partial charge in [0, 0.05) is 25.7 Å². The molecule has 0 saturated heterocycles. The molecule has 0 heterocycles. The van der Waals surface area contributed by atoms with Crippen LogP contribution in [0.2, 0.25) is 0 Å². The molecule has 5 nitrogen and oxygen atoms in total. The highest BCUT2D eigenvalue weighted by Crippen LogP contribution is 2.13. The first-order valence-corrected chi connectivity index (χ1v) is 5.85. The number of anilines is 1. The number of hydrogen-bond donors (Lipinski definition) is 3. The van der Waals surface area contributed by atoms with Crippen molar-refractivity contribution in [3.8, 4) is 0 Å². The number of hydrogen-bond acceptors (Lipinski definition) is 2. The minimum atomic E-state index is -0.273. The molecule has 0 aliphatic heterocycles. The average molecular weight is 249 g/mol. The molecular formula is C13H19N3O2. The monoisotopic (exact) mass is 249 g/mol. The minimum absolute atomic E-state index is 0.105.